The van der Waals surface area contributed by atoms with Gasteiger partial charge in [0.25, 0.3) is 0 Å². The Morgan fingerprint density at radius 2 is 1.70 bits per heavy atom. The number of nitrogens with zero attached hydrogens (tertiary/aromatic N) is 1. The van der Waals surface area contributed by atoms with Gasteiger partial charge in [-0.2, -0.15) is 0 Å². The van der Waals surface area contributed by atoms with E-state index in [0.717, 1.165) is 0 Å². The second-order valence-corrected chi connectivity index (χ2v) is 4.31. The molecule has 0 amide bonds. The monoisotopic (exact) mass is 339 g/mol. The lowest BCUT2D eigenvalue weighted by molar-refractivity contribution is 0.0467. The summed E-state index contributed by atoms with van der Waals surface area (Å²) >= 11 is 0. The van der Waals surface area contributed by atoms with Crippen LogP contribution in [0.25, 0.3) is 0 Å². The molecule has 2 aromatic rings. The summed E-state index contributed by atoms with van der Waals surface area (Å²) in [5.41, 5.74) is 0.980. The van der Waals surface area contributed by atoms with Crippen molar-refractivity contribution in [3.05, 3.63) is 47.8 Å². The van der Waals surface area contributed by atoms with Crippen molar-refractivity contribution >= 4 is 18.4 Å². The molecule has 0 aliphatic heterocycles. The first kappa shape index (κ1) is 18.6. The summed E-state index contributed by atoms with van der Waals surface area (Å²) in [5, 5.41) is 0. The maximum atomic E-state index is 12.2. The van der Waals surface area contributed by atoms with Crippen LogP contribution in [0.3, 0.4) is 0 Å². The van der Waals surface area contributed by atoms with Crippen LogP contribution in [-0.4, -0.2) is 32.3 Å². The van der Waals surface area contributed by atoms with Crippen LogP contribution in [-0.2, 0) is 11.3 Å². The van der Waals surface area contributed by atoms with Crippen LogP contribution in [0.1, 0.15) is 16.1 Å². The van der Waals surface area contributed by atoms with Gasteiger partial charge in [-0.1, -0.05) is 6.07 Å². The summed E-state index contributed by atoms with van der Waals surface area (Å²) in [6, 6.07) is 8.49. The molecule has 2 rings (SSSR count). The second-order valence-electron chi connectivity index (χ2n) is 4.31. The number of methoxy groups -OCH3 is 3. The molecule has 0 aliphatic carbocycles. The Balaban J connectivity index is 0.00000264. The van der Waals surface area contributed by atoms with Gasteiger partial charge in [-0.25, -0.2) is 4.79 Å². The molecule has 1 aromatic heterocycles. The standard InChI is InChI=1S/C16H17NO5.ClH/c1-19-13-8-11(9-14(20-2)15(13)21-3)16(18)22-10-12-6-4-5-7-17-12;/h4-9H,10H2,1-3H3;1H. The molecule has 0 spiro atoms. The number of carbonyl (C=O) groups excluding carboxylic acids is 1. The van der Waals surface area contributed by atoms with E-state index in [-0.39, 0.29) is 19.0 Å². The quantitative estimate of drug-likeness (QED) is 0.754. The van der Waals surface area contributed by atoms with Crippen LogP contribution >= 0.6 is 12.4 Å². The fourth-order valence-corrected chi connectivity index (χ4v) is 1.91. The van der Waals surface area contributed by atoms with E-state index in [1.165, 1.54) is 21.3 Å². The number of benzene rings is 1. The molecule has 0 saturated carbocycles. The Kier molecular flexibility index (Phi) is 7.15. The Morgan fingerprint density at radius 3 is 2.17 bits per heavy atom. The average Bonchev–Trinajstić information content (AvgIpc) is 2.59. The van der Waals surface area contributed by atoms with Gasteiger partial charge < -0.3 is 18.9 Å². The zero-order chi connectivity index (χ0) is 15.9. The molecular weight excluding hydrogens is 322 g/mol. The van der Waals surface area contributed by atoms with Crippen LogP contribution in [0, 0.1) is 0 Å². The van der Waals surface area contributed by atoms with Gasteiger partial charge in [0.15, 0.2) is 11.5 Å². The van der Waals surface area contributed by atoms with Gasteiger partial charge in [-0.05, 0) is 24.3 Å². The molecule has 1 heterocycles. The molecule has 0 radical (unpaired) electrons. The SMILES string of the molecule is COc1cc(C(=O)OCc2ccccn2)cc(OC)c1OC.Cl. The predicted octanol–water partition coefficient (Wildman–Crippen LogP) is 2.89. The van der Waals surface area contributed by atoms with Crippen LogP contribution in [0.4, 0.5) is 0 Å². The van der Waals surface area contributed by atoms with E-state index in [0.29, 0.717) is 28.5 Å². The van der Waals surface area contributed by atoms with Gasteiger partial charge in [0.05, 0.1) is 32.6 Å². The molecule has 0 bridgehead atoms. The Labute approximate surface area is 140 Å². The number of hydrogen-bond donors (Lipinski definition) is 0. The number of pyridine rings is 1. The maximum Gasteiger partial charge on any atom is 0.338 e. The molecule has 6 nitrogen and oxygen atoms in total. The van der Waals surface area contributed by atoms with E-state index >= 15 is 0 Å². The van der Waals surface area contributed by atoms with Gasteiger partial charge in [-0.3, -0.25) is 4.98 Å². The zero-order valence-corrected chi connectivity index (χ0v) is 13.9. The van der Waals surface area contributed by atoms with Crippen molar-refractivity contribution in [2.24, 2.45) is 0 Å². The number of hydrogen-bond acceptors (Lipinski definition) is 6. The Morgan fingerprint density at radius 1 is 1.04 bits per heavy atom. The first-order chi connectivity index (χ1) is 10.7. The number of halogens is 1. The van der Waals surface area contributed by atoms with Crippen LogP contribution in [0.15, 0.2) is 36.5 Å². The average molecular weight is 340 g/mol. The second kappa shape index (κ2) is 8.85. The van der Waals surface area contributed by atoms with E-state index in [1.54, 1.807) is 30.5 Å². The summed E-state index contributed by atoms with van der Waals surface area (Å²) in [6.07, 6.45) is 1.64. The first-order valence-corrected chi connectivity index (χ1v) is 6.56. The number of esters is 1. The van der Waals surface area contributed by atoms with Gasteiger partial charge in [0.2, 0.25) is 5.75 Å². The number of ether oxygens (including phenoxy) is 4. The van der Waals surface area contributed by atoms with Crippen LogP contribution < -0.4 is 14.2 Å². The minimum Gasteiger partial charge on any atom is -0.493 e. The van der Waals surface area contributed by atoms with Crippen molar-refractivity contribution in [3.8, 4) is 17.2 Å². The molecule has 1 aromatic carbocycles. The third-order valence-electron chi connectivity index (χ3n) is 2.98. The minimum atomic E-state index is -0.495. The number of aromatic nitrogens is 1. The molecule has 0 saturated heterocycles. The summed E-state index contributed by atoms with van der Waals surface area (Å²) in [5.74, 6) is 0.717. The predicted molar refractivity (Wildman–Crippen MR) is 86.7 cm³/mol. The summed E-state index contributed by atoms with van der Waals surface area (Å²) in [4.78, 5) is 16.2. The van der Waals surface area contributed by atoms with Crippen molar-refractivity contribution in [3.63, 3.8) is 0 Å². The van der Waals surface area contributed by atoms with Crippen LogP contribution in [0.5, 0.6) is 17.2 Å². The highest BCUT2D eigenvalue weighted by atomic mass is 35.5. The fraction of sp³-hybridized carbons (Fsp3) is 0.250. The fourth-order valence-electron chi connectivity index (χ4n) is 1.91. The highest BCUT2D eigenvalue weighted by Gasteiger charge is 2.18. The number of rotatable bonds is 6. The molecule has 0 atom stereocenters. The molecule has 0 aliphatic rings. The van der Waals surface area contributed by atoms with Gasteiger partial charge in [-0.15, -0.1) is 12.4 Å². The summed E-state index contributed by atoms with van der Waals surface area (Å²) in [7, 11) is 4.47. The molecule has 7 heteroatoms. The Bertz CT molecular complexity index is 623. The molecular formula is C16H18ClNO5. The maximum absolute atomic E-state index is 12.2. The number of carbonyl (C=O) groups is 1. The zero-order valence-electron chi connectivity index (χ0n) is 13.1. The molecule has 0 N–H and O–H groups in total. The highest BCUT2D eigenvalue weighted by molar-refractivity contribution is 5.91. The van der Waals surface area contributed by atoms with E-state index in [9.17, 15) is 4.79 Å². The highest BCUT2D eigenvalue weighted by Crippen LogP contribution is 2.38. The smallest absolute Gasteiger partial charge is 0.338 e. The van der Waals surface area contributed by atoms with Crippen molar-refractivity contribution in [2.75, 3.05) is 21.3 Å². The third kappa shape index (κ3) is 4.50. The van der Waals surface area contributed by atoms with E-state index in [1.807, 2.05) is 6.07 Å². The largest absolute Gasteiger partial charge is 0.493 e. The van der Waals surface area contributed by atoms with Gasteiger partial charge >= 0.3 is 5.97 Å². The normalized spacial score (nSPS) is 9.52. The lowest BCUT2D eigenvalue weighted by Gasteiger charge is -2.13. The third-order valence-corrected chi connectivity index (χ3v) is 2.98. The molecule has 124 valence electrons. The summed E-state index contributed by atoms with van der Waals surface area (Å²) in [6.45, 7) is 0.0936. The van der Waals surface area contributed by atoms with Gasteiger partial charge in [0, 0.05) is 6.20 Å². The van der Waals surface area contributed by atoms with E-state index < -0.39 is 5.97 Å². The van der Waals surface area contributed by atoms with Crippen molar-refractivity contribution < 1.29 is 23.7 Å². The van der Waals surface area contributed by atoms with Crippen molar-refractivity contribution in [1.82, 2.24) is 4.98 Å². The lowest BCUT2D eigenvalue weighted by Crippen LogP contribution is -2.07. The lowest BCUT2D eigenvalue weighted by atomic mass is 10.2. The molecule has 0 fully saturated rings. The van der Waals surface area contributed by atoms with Crippen LogP contribution in [0.2, 0.25) is 0 Å². The van der Waals surface area contributed by atoms with Gasteiger partial charge in [0.1, 0.15) is 6.61 Å². The van der Waals surface area contributed by atoms with Crippen molar-refractivity contribution in [2.45, 2.75) is 6.61 Å². The Hall–Kier alpha value is -2.47. The molecule has 23 heavy (non-hydrogen) atoms. The minimum absolute atomic E-state index is 0. The topological polar surface area (TPSA) is 66.9 Å². The van der Waals surface area contributed by atoms with Crippen molar-refractivity contribution in [1.29, 1.82) is 0 Å². The summed E-state index contributed by atoms with van der Waals surface area (Å²) < 4.78 is 20.9. The van der Waals surface area contributed by atoms with E-state index in [4.69, 9.17) is 18.9 Å². The van der Waals surface area contributed by atoms with E-state index in [2.05, 4.69) is 4.98 Å². The molecule has 0 unspecified atom stereocenters. The first-order valence-electron chi connectivity index (χ1n) is 6.56.